The highest BCUT2D eigenvalue weighted by Gasteiger charge is 2.14. The Hall–Kier alpha value is -3.70. The molecule has 8 nitrogen and oxygen atoms in total. The molecule has 3 N–H and O–H groups in total. The Labute approximate surface area is 229 Å². The molecule has 188 valence electrons. The molecule has 0 spiro atoms. The number of fused-ring (bicyclic) bond motifs is 1. The van der Waals surface area contributed by atoms with Crippen LogP contribution in [-0.4, -0.2) is 54.0 Å². The minimum Gasteiger partial charge on any atom is -0.369 e. The Morgan fingerprint density at radius 2 is 1.68 bits per heavy atom. The van der Waals surface area contributed by atoms with Gasteiger partial charge in [-0.3, -0.25) is 4.79 Å². The molecule has 1 aliphatic heterocycles. The first-order valence-corrected chi connectivity index (χ1v) is 13.1. The van der Waals surface area contributed by atoms with E-state index in [1.165, 1.54) is 11.8 Å². The Bertz CT molecular complexity index is 1430. The van der Waals surface area contributed by atoms with Crippen LogP contribution in [0.25, 0.3) is 10.9 Å². The summed E-state index contributed by atoms with van der Waals surface area (Å²) in [5, 5.41) is 10.5. The first-order chi connectivity index (χ1) is 18.0. The number of nitrogens with one attached hydrogen (secondary N) is 3. The van der Waals surface area contributed by atoms with E-state index in [9.17, 15) is 4.79 Å². The lowest BCUT2D eigenvalue weighted by Crippen LogP contribution is -2.44. The van der Waals surface area contributed by atoms with Crippen molar-refractivity contribution >= 4 is 73.9 Å². The Morgan fingerprint density at radius 3 is 2.43 bits per heavy atom. The summed E-state index contributed by atoms with van der Waals surface area (Å²) in [5.74, 6) is 0.913. The second kappa shape index (κ2) is 11.1. The summed E-state index contributed by atoms with van der Waals surface area (Å²) in [6.45, 7) is 7.72. The van der Waals surface area contributed by atoms with Gasteiger partial charge in [0.25, 0.3) is 0 Å². The van der Waals surface area contributed by atoms with Crippen molar-refractivity contribution in [1.29, 1.82) is 0 Å². The summed E-state index contributed by atoms with van der Waals surface area (Å²) in [5.41, 5.74) is 4.43. The van der Waals surface area contributed by atoms with Gasteiger partial charge in [-0.05, 0) is 96.4 Å². The number of piperazine rings is 1. The van der Waals surface area contributed by atoms with Crippen LogP contribution in [0, 0.1) is 3.57 Å². The van der Waals surface area contributed by atoms with E-state index in [0.29, 0.717) is 17.5 Å². The van der Waals surface area contributed by atoms with Crippen molar-refractivity contribution < 1.29 is 4.79 Å². The molecule has 3 aromatic carbocycles. The Balaban J connectivity index is 1.40. The van der Waals surface area contributed by atoms with E-state index < -0.39 is 0 Å². The fourth-order valence-electron chi connectivity index (χ4n) is 4.21. The van der Waals surface area contributed by atoms with Crippen molar-refractivity contribution in [3.63, 3.8) is 0 Å². The molecule has 5 rings (SSSR count). The van der Waals surface area contributed by atoms with Crippen LogP contribution in [-0.2, 0) is 4.79 Å². The van der Waals surface area contributed by atoms with Crippen molar-refractivity contribution in [2.24, 2.45) is 0 Å². The van der Waals surface area contributed by atoms with E-state index in [0.717, 1.165) is 52.0 Å². The third-order valence-corrected chi connectivity index (χ3v) is 6.90. The molecule has 1 saturated heterocycles. The fourth-order valence-corrected chi connectivity index (χ4v) is 4.70. The molecule has 0 radical (unpaired) electrons. The van der Waals surface area contributed by atoms with Crippen LogP contribution in [0.4, 0.5) is 34.5 Å². The first-order valence-electron chi connectivity index (χ1n) is 12.1. The number of hydrogen-bond acceptors (Lipinski definition) is 7. The second-order valence-corrected chi connectivity index (χ2v) is 10.2. The normalized spacial score (nSPS) is 13.8. The largest absolute Gasteiger partial charge is 0.369 e. The van der Waals surface area contributed by atoms with E-state index in [2.05, 4.69) is 92.3 Å². The molecule has 0 saturated carbocycles. The number of anilines is 6. The van der Waals surface area contributed by atoms with Crippen LogP contribution in [0.5, 0.6) is 0 Å². The first kappa shape index (κ1) is 25.0. The van der Waals surface area contributed by atoms with Crippen LogP contribution in [0.2, 0.25) is 0 Å². The third-order valence-electron chi connectivity index (χ3n) is 6.23. The number of aromatic nitrogens is 2. The van der Waals surface area contributed by atoms with Gasteiger partial charge in [0.2, 0.25) is 11.9 Å². The molecule has 2 heterocycles. The van der Waals surface area contributed by atoms with E-state index >= 15 is 0 Å². The molecule has 1 aromatic heterocycles. The SMILES string of the molecule is C=CC(=O)Nc1cccc(Nc2nc(Nc3ccc(N4CCN(C)CC4)cc3)nc3ccc(I)cc23)c1. The van der Waals surface area contributed by atoms with Crippen molar-refractivity contribution in [1.82, 2.24) is 14.9 Å². The Morgan fingerprint density at radius 1 is 0.919 bits per heavy atom. The average Bonchev–Trinajstić information content (AvgIpc) is 2.90. The van der Waals surface area contributed by atoms with Crippen molar-refractivity contribution in [3.05, 3.63) is 83.0 Å². The maximum Gasteiger partial charge on any atom is 0.247 e. The van der Waals surface area contributed by atoms with E-state index in [1.54, 1.807) is 0 Å². The van der Waals surface area contributed by atoms with E-state index in [-0.39, 0.29) is 5.91 Å². The standard InChI is InChI=1S/C28H28IN7O/c1-3-26(37)30-21-5-4-6-22(18-21)31-27-24-17-19(29)7-12-25(24)33-28(34-27)32-20-8-10-23(11-9-20)36-15-13-35(2)14-16-36/h3-12,17-18H,1,13-16H2,2H3,(H,30,37)(H2,31,32,33,34). The van der Waals surface area contributed by atoms with Crippen LogP contribution < -0.4 is 20.9 Å². The van der Waals surface area contributed by atoms with Gasteiger partial charge in [0.15, 0.2) is 0 Å². The van der Waals surface area contributed by atoms with E-state index in [4.69, 9.17) is 9.97 Å². The quantitative estimate of drug-likeness (QED) is 0.187. The number of carbonyl (C=O) groups excluding carboxylic acids is 1. The summed E-state index contributed by atoms with van der Waals surface area (Å²) in [6, 6.07) is 22.0. The molecule has 37 heavy (non-hydrogen) atoms. The molecule has 9 heteroatoms. The zero-order valence-corrected chi connectivity index (χ0v) is 22.7. The molecular formula is C28H28IN7O. The minimum absolute atomic E-state index is 0.260. The number of hydrogen-bond donors (Lipinski definition) is 3. The average molecular weight is 605 g/mol. The third kappa shape index (κ3) is 6.17. The van der Waals surface area contributed by atoms with Crippen molar-refractivity contribution in [3.8, 4) is 0 Å². The van der Waals surface area contributed by atoms with Gasteiger partial charge >= 0.3 is 0 Å². The van der Waals surface area contributed by atoms with Crippen LogP contribution in [0.1, 0.15) is 0 Å². The Kier molecular flexibility index (Phi) is 7.52. The molecule has 0 bridgehead atoms. The van der Waals surface area contributed by atoms with Gasteiger partial charge in [-0.2, -0.15) is 4.98 Å². The number of benzene rings is 3. The molecule has 0 unspecified atom stereocenters. The predicted octanol–water partition coefficient (Wildman–Crippen LogP) is 5.60. The molecule has 0 atom stereocenters. The van der Waals surface area contributed by atoms with Gasteiger partial charge in [0, 0.05) is 57.9 Å². The lowest BCUT2D eigenvalue weighted by molar-refractivity contribution is -0.111. The summed E-state index contributed by atoms with van der Waals surface area (Å²) >= 11 is 2.29. The topological polar surface area (TPSA) is 85.4 Å². The number of nitrogens with zero attached hydrogens (tertiary/aromatic N) is 4. The lowest BCUT2D eigenvalue weighted by Gasteiger charge is -2.34. The number of rotatable bonds is 7. The van der Waals surface area contributed by atoms with Crippen molar-refractivity contribution in [2.75, 3.05) is 54.1 Å². The highest BCUT2D eigenvalue weighted by atomic mass is 127. The van der Waals surface area contributed by atoms with E-state index in [1.807, 2.05) is 36.4 Å². The number of likely N-dealkylation sites (N-methyl/N-ethyl adjacent to an activating group) is 1. The molecular weight excluding hydrogens is 577 g/mol. The smallest absolute Gasteiger partial charge is 0.247 e. The summed E-state index contributed by atoms with van der Waals surface area (Å²) in [6.07, 6.45) is 1.25. The minimum atomic E-state index is -0.260. The van der Waals surface area contributed by atoms with Gasteiger partial charge in [0.05, 0.1) is 5.52 Å². The summed E-state index contributed by atoms with van der Waals surface area (Å²) in [7, 11) is 2.16. The summed E-state index contributed by atoms with van der Waals surface area (Å²) < 4.78 is 1.09. The monoisotopic (exact) mass is 605 g/mol. The molecule has 4 aromatic rings. The van der Waals surface area contributed by atoms with Crippen LogP contribution in [0.15, 0.2) is 79.4 Å². The summed E-state index contributed by atoms with van der Waals surface area (Å²) in [4.78, 5) is 26.0. The van der Waals surface area contributed by atoms with Gasteiger partial charge in [0.1, 0.15) is 5.82 Å². The van der Waals surface area contributed by atoms with Gasteiger partial charge in [-0.1, -0.05) is 12.6 Å². The fraction of sp³-hybridized carbons (Fsp3) is 0.179. The van der Waals surface area contributed by atoms with Crippen molar-refractivity contribution in [2.45, 2.75) is 0 Å². The molecule has 0 aliphatic carbocycles. The van der Waals surface area contributed by atoms with Crippen LogP contribution in [0.3, 0.4) is 0 Å². The van der Waals surface area contributed by atoms with Gasteiger partial charge < -0.3 is 25.8 Å². The maximum absolute atomic E-state index is 11.7. The molecule has 1 amide bonds. The predicted molar refractivity (Wildman–Crippen MR) is 160 cm³/mol. The second-order valence-electron chi connectivity index (χ2n) is 8.92. The zero-order valence-electron chi connectivity index (χ0n) is 20.5. The number of carbonyl (C=O) groups is 1. The highest BCUT2D eigenvalue weighted by molar-refractivity contribution is 14.1. The van der Waals surface area contributed by atoms with Gasteiger partial charge in [-0.15, -0.1) is 0 Å². The highest BCUT2D eigenvalue weighted by Crippen LogP contribution is 2.29. The molecule has 1 aliphatic rings. The maximum atomic E-state index is 11.7. The number of halogens is 1. The van der Waals surface area contributed by atoms with Gasteiger partial charge in [-0.25, -0.2) is 4.98 Å². The number of amides is 1. The lowest BCUT2D eigenvalue weighted by atomic mass is 10.2. The molecule has 1 fully saturated rings. The van der Waals surface area contributed by atoms with Crippen LogP contribution >= 0.6 is 22.6 Å². The zero-order chi connectivity index (χ0) is 25.8.